The predicted molar refractivity (Wildman–Crippen MR) is 99.9 cm³/mol. The van der Waals surface area contributed by atoms with Gasteiger partial charge in [0.05, 0.1) is 5.69 Å². The summed E-state index contributed by atoms with van der Waals surface area (Å²) in [6, 6.07) is 14.4. The van der Waals surface area contributed by atoms with Crippen molar-refractivity contribution in [3.63, 3.8) is 0 Å². The number of nitrogens with zero attached hydrogens (tertiary/aromatic N) is 4. The minimum atomic E-state index is -0.350. The van der Waals surface area contributed by atoms with Gasteiger partial charge in [-0.05, 0) is 49.2 Å². The molecule has 0 unspecified atom stereocenters. The lowest BCUT2D eigenvalue weighted by Gasteiger charge is -2.34. The molecule has 0 bridgehead atoms. The van der Waals surface area contributed by atoms with E-state index in [1.807, 2.05) is 24.3 Å². The fraction of sp³-hybridized carbons (Fsp3) is 0.278. The molecule has 2 heterocycles. The summed E-state index contributed by atoms with van der Waals surface area (Å²) in [5.41, 5.74) is 9.81. The summed E-state index contributed by atoms with van der Waals surface area (Å²) in [6.45, 7) is 2.05. The van der Waals surface area contributed by atoms with Crippen molar-refractivity contribution in [3.05, 3.63) is 48.8 Å². The van der Waals surface area contributed by atoms with E-state index >= 15 is 0 Å². The van der Waals surface area contributed by atoms with Gasteiger partial charge in [0.25, 0.3) is 0 Å². The molecular formula is C18H21N7. The van der Waals surface area contributed by atoms with Crippen molar-refractivity contribution in [1.29, 1.82) is 10.7 Å². The van der Waals surface area contributed by atoms with Crippen LogP contribution in [-0.4, -0.2) is 29.2 Å². The number of hydrogen-bond donors (Lipinski definition) is 3. The van der Waals surface area contributed by atoms with Gasteiger partial charge in [-0.3, -0.25) is 10.8 Å². The van der Waals surface area contributed by atoms with E-state index in [1.165, 1.54) is 5.69 Å². The van der Waals surface area contributed by atoms with Gasteiger partial charge in [0, 0.05) is 37.2 Å². The molecule has 0 radical (unpaired) electrons. The second-order valence-electron chi connectivity index (χ2n) is 5.99. The van der Waals surface area contributed by atoms with Gasteiger partial charge in [-0.2, -0.15) is 10.4 Å². The maximum Gasteiger partial charge on any atom is 0.201 e. The molecule has 1 aliphatic rings. The summed E-state index contributed by atoms with van der Waals surface area (Å²) in [5.74, 6) is -0.350. The number of rotatable bonds is 5. The van der Waals surface area contributed by atoms with Crippen molar-refractivity contribution in [3.8, 4) is 6.07 Å². The Labute approximate surface area is 146 Å². The third kappa shape index (κ3) is 3.98. The van der Waals surface area contributed by atoms with Crippen LogP contribution in [0.3, 0.4) is 0 Å². The van der Waals surface area contributed by atoms with Crippen molar-refractivity contribution < 1.29 is 0 Å². The Balaban J connectivity index is 1.58. The zero-order valence-corrected chi connectivity index (χ0v) is 13.9. The second kappa shape index (κ2) is 7.53. The highest BCUT2D eigenvalue weighted by atomic mass is 15.3. The number of nitrogens with two attached hydrogens (primary N) is 1. The average Bonchev–Trinajstić information content (AvgIpc) is 3.17. The van der Waals surface area contributed by atoms with Gasteiger partial charge in [0.15, 0.2) is 5.84 Å². The predicted octanol–water partition coefficient (Wildman–Crippen LogP) is 2.56. The third-order valence-electron chi connectivity index (χ3n) is 4.40. The number of amidine groups is 1. The summed E-state index contributed by atoms with van der Waals surface area (Å²) in [5, 5.41) is 19.9. The largest absolute Gasteiger partial charge is 0.382 e. The van der Waals surface area contributed by atoms with Crippen LogP contribution in [0.15, 0.2) is 53.9 Å². The van der Waals surface area contributed by atoms with Crippen LogP contribution in [0.25, 0.3) is 0 Å². The summed E-state index contributed by atoms with van der Waals surface area (Å²) >= 11 is 0. The maximum atomic E-state index is 8.83. The molecule has 1 aromatic heterocycles. The number of hydrazone groups is 1. The molecule has 0 spiro atoms. The summed E-state index contributed by atoms with van der Waals surface area (Å²) in [4.78, 5) is 2.38. The molecule has 3 rings (SSSR count). The molecule has 1 aliphatic heterocycles. The van der Waals surface area contributed by atoms with Crippen LogP contribution in [0.2, 0.25) is 0 Å². The molecule has 128 valence electrons. The molecule has 0 amide bonds. The van der Waals surface area contributed by atoms with Crippen molar-refractivity contribution in [2.45, 2.75) is 18.9 Å². The Kier molecular flexibility index (Phi) is 5.00. The number of hydrogen-bond acceptors (Lipinski definition) is 5. The maximum absolute atomic E-state index is 8.83. The van der Waals surface area contributed by atoms with Crippen molar-refractivity contribution in [2.24, 2.45) is 10.8 Å². The van der Waals surface area contributed by atoms with Gasteiger partial charge in [-0.1, -0.05) is 0 Å². The van der Waals surface area contributed by atoms with Gasteiger partial charge in [-0.25, -0.2) is 0 Å². The highest BCUT2D eigenvalue weighted by molar-refractivity contribution is 6.45. The number of nitrogens with one attached hydrogen (secondary N) is 2. The highest BCUT2D eigenvalue weighted by Gasteiger charge is 2.19. The Morgan fingerprint density at radius 1 is 1.20 bits per heavy atom. The van der Waals surface area contributed by atoms with Crippen LogP contribution >= 0.6 is 0 Å². The molecule has 7 heteroatoms. The van der Waals surface area contributed by atoms with E-state index in [0.717, 1.165) is 31.6 Å². The van der Waals surface area contributed by atoms with Crippen LogP contribution in [0.5, 0.6) is 0 Å². The van der Waals surface area contributed by atoms with E-state index in [4.69, 9.17) is 16.4 Å². The lowest BCUT2D eigenvalue weighted by atomic mass is 10.0. The fourth-order valence-electron chi connectivity index (χ4n) is 3.03. The topological polar surface area (TPSA) is 106 Å². The molecule has 0 aliphatic carbocycles. The van der Waals surface area contributed by atoms with Crippen LogP contribution in [-0.2, 0) is 0 Å². The zero-order valence-electron chi connectivity index (χ0n) is 13.9. The summed E-state index contributed by atoms with van der Waals surface area (Å²) in [6.07, 6.45) is 6.53. The summed E-state index contributed by atoms with van der Waals surface area (Å²) in [7, 11) is 0. The Hall–Kier alpha value is -3.27. The van der Waals surface area contributed by atoms with Gasteiger partial charge in [0.1, 0.15) is 6.07 Å². The molecular weight excluding hydrogens is 314 g/mol. The Morgan fingerprint density at radius 3 is 2.40 bits per heavy atom. The van der Waals surface area contributed by atoms with Crippen LogP contribution in [0.1, 0.15) is 18.9 Å². The van der Waals surface area contributed by atoms with Crippen LogP contribution < -0.4 is 16.1 Å². The Bertz CT molecular complexity index is 776. The smallest absolute Gasteiger partial charge is 0.201 e. The fourth-order valence-corrected chi connectivity index (χ4v) is 3.03. The lowest BCUT2D eigenvalue weighted by molar-refractivity contribution is 0.397. The number of aromatic nitrogens is 1. The van der Waals surface area contributed by atoms with Crippen molar-refractivity contribution in [2.75, 3.05) is 23.4 Å². The molecule has 1 aromatic carbocycles. The van der Waals surface area contributed by atoms with E-state index in [1.54, 1.807) is 6.07 Å². The number of benzene rings is 1. The first-order valence-electron chi connectivity index (χ1n) is 8.23. The average molecular weight is 335 g/mol. The zero-order chi connectivity index (χ0) is 17.6. The first-order valence-corrected chi connectivity index (χ1v) is 8.23. The SMILES string of the molecule is N#C/C(=N\Nc1ccc(N2CCC(n3cccc3)CC2)cc1)C(=N)N. The molecule has 7 nitrogen and oxygen atoms in total. The van der Waals surface area contributed by atoms with Gasteiger partial charge in [0.2, 0.25) is 5.71 Å². The number of nitriles is 1. The van der Waals surface area contributed by atoms with E-state index in [0.29, 0.717) is 6.04 Å². The molecule has 2 aromatic rings. The van der Waals surface area contributed by atoms with Crippen molar-refractivity contribution in [1.82, 2.24) is 4.57 Å². The van der Waals surface area contributed by atoms with Crippen molar-refractivity contribution >= 4 is 22.9 Å². The number of anilines is 2. The van der Waals surface area contributed by atoms with E-state index in [9.17, 15) is 0 Å². The minimum absolute atomic E-state index is 0.129. The van der Waals surface area contributed by atoms with Crippen LogP contribution in [0, 0.1) is 16.7 Å². The summed E-state index contributed by atoms with van der Waals surface area (Å²) < 4.78 is 2.30. The lowest BCUT2D eigenvalue weighted by Crippen LogP contribution is -2.34. The molecule has 0 saturated carbocycles. The first-order chi connectivity index (χ1) is 12.2. The standard InChI is InChI=1S/C18H21N7/c19-13-17(18(20)21)23-22-14-3-5-15(6-4-14)25-11-7-16(8-12-25)24-9-1-2-10-24/h1-6,9-10,16,22H,7-8,11-12H2,(H3,20,21)/b23-17+. The van der Waals surface area contributed by atoms with Crippen LogP contribution in [0.4, 0.5) is 11.4 Å². The first kappa shape index (κ1) is 16.6. The van der Waals surface area contributed by atoms with Gasteiger partial charge >= 0.3 is 0 Å². The minimum Gasteiger partial charge on any atom is -0.382 e. The van der Waals surface area contributed by atoms with E-state index < -0.39 is 0 Å². The molecule has 0 atom stereocenters. The Morgan fingerprint density at radius 2 is 1.84 bits per heavy atom. The van der Waals surface area contributed by atoms with E-state index in [-0.39, 0.29) is 11.5 Å². The second-order valence-corrected chi connectivity index (χ2v) is 5.99. The van der Waals surface area contributed by atoms with E-state index in [2.05, 4.69) is 44.5 Å². The molecule has 25 heavy (non-hydrogen) atoms. The molecule has 1 fully saturated rings. The third-order valence-corrected chi connectivity index (χ3v) is 4.40. The van der Waals surface area contributed by atoms with Gasteiger partial charge in [-0.15, -0.1) is 0 Å². The van der Waals surface area contributed by atoms with Gasteiger partial charge < -0.3 is 15.2 Å². The molecule has 1 saturated heterocycles. The molecule has 4 N–H and O–H groups in total. The normalized spacial score (nSPS) is 15.6. The highest BCUT2D eigenvalue weighted by Crippen LogP contribution is 2.27. The quantitative estimate of drug-likeness (QED) is 0.443. The number of piperidine rings is 1. The monoisotopic (exact) mass is 335 g/mol.